The van der Waals surface area contributed by atoms with Gasteiger partial charge >= 0.3 is 0 Å². The van der Waals surface area contributed by atoms with E-state index in [0.29, 0.717) is 15.9 Å². The lowest BCUT2D eigenvalue weighted by Gasteiger charge is -2.11. The summed E-state index contributed by atoms with van der Waals surface area (Å²) in [5.41, 5.74) is 5.41. The van der Waals surface area contributed by atoms with Crippen molar-refractivity contribution in [2.24, 2.45) is 5.73 Å². The molecule has 4 nitrogen and oxygen atoms in total. The van der Waals surface area contributed by atoms with Crippen LogP contribution in [-0.2, 0) is 0 Å². The molecule has 0 radical (unpaired) electrons. The summed E-state index contributed by atoms with van der Waals surface area (Å²) in [6.45, 7) is 0. The number of nitrogens with two attached hydrogens (primary N) is 1. The minimum Gasteiger partial charge on any atom is -0.366 e. The van der Waals surface area contributed by atoms with Gasteiger partial charge in [0.2, 0.25) is 0 Å². The summed E-state index contributed by atoms with van der Waals surface area (Å²) < 4.78 is 0. The van der Waals surface area contributed by atoms with E-state index >= 15 is 0 Å². The van der Waals surface area contributed by atoms with Crippen molar-refractivity contribution in [1.82, 2.24) is 4.98 Å². The molecule has 2 aromatic carbocycles. The highest BCUT2D eigenvalue weighted by Crippen LogP contribution is 2.38. The van der Waals surface area contributed by atoms with Crippen molar-refractivity contribution in [2.45, 2.75) is 0 Å². The number of halogens is 4. The highest BCUT2D eigenvalue weighted by atomic mass is 35.5. The minimum atomic E-state index is -0.871. The average molecular weight is 376 g/mol. The summed E-state index contributed by atoms with van der Waals surface area (Å²) in [5, 5.41) is 0.512. The van der Waals surface area contributed by atoms with Crippen LogP contribution in [0.3, 0.4) is 0 Å². The van der Waals surface area contributed by atoms with E-state index in [1.54, 1.807) is 12.1 Å². The molecule has 0 aliphatic heterocycles. The van der Waals surface area contributed by atoms with Gasteiger partial charge in [0.15, 0.2) is 5.43 Å². The molecule has 0 aliphatic carbocycles. The van der Waals surface area contributed by atoms with Crippen LogP contribution in [-0.4, -0.2) is 10.9 Å². The van der Waals surface area contributed by atoms with Gasteiger partial charge < -0.3 is 10.7 Å². The van der Waals surface area contributed by atoms with E-state index in [-0.39, 0.29) is 31.5 Å². The molecule has 3 N–H and O–H groups in total. The van der Waals surface area contributed by atoms with E-state index in [1.807, 2.05) is 0 Å². The van der Waals surface area contributed by atoms with Gasteiger partial charge in [0.1, 0.15) is 0 Å². The largest absolute Gasteiger partial charge is 0.366 e. The summed E-state index contributed by atoms with van der Waals surface area (Å²) in [7, 11) is 0. The van der Waals surface area contributed by atoms with Crippen molar-refractivity contribution in [3.8, 4) is 0 Å². The van der Waals surface area contributed by atoms with E-state index in [2.05, 4.69) is 4.98 Å². The summed E-state index contributed by atoms with van der Waals surface area (Å²) >= 11 is 24.3. The molecule has 0 aliphatic rings. The molecule has 1 aromatic heterocycles. The van der Waals surface area contributed by atoms with E-state index in [1.165, 1.54) is 6.07 Å². The Bertz CT molecular complexity index is 1030. The molecule has 0 spiro atoms. The predicted octanol–water partition coefficient (Wildman–Crippen LogP) is 4.39. The molecule has 1 heterocycles. The summed E-state index contributed by atoms with van der Waals surface area (Å²) in [6, 6.07) is 4.76. The van der Waals surface area contributed by atoms with Gasteiger partial charge in [-0.2, -0.15) is 0 Å². The number of carbonyl (C=O) groups is 1. The number of fused-ring (bicyclic) bond motifs is 2. The third-order valence-electron chi connectivity index (χ3n) is 3.28. The lowest BCUT2D eigenvalue weighted by atomic mass is 10.1. The number of nitrogens with one attached hydrogen (secondary N) is 1. The maximum atomic E-state index is 12.7. The molecule has 0 unspecified atom stereocenters. The molecule has 1 amide bonds. The molecular formula is C14H6Cl4N2O2. The van der Waals surface area contributed by atoms with E-state index in [0.717, 1.165) is 0 Å². The predicted molar refractivity (Wildman–Crippen MR) is 90.6 cm³/mol. The van der Waals surface area contributed by atoms with Gasteiger partial charge in [-0.25, -0.2) is 0 Å². The van der Waals surface area contributed by atoms with Gasteiger partial charge in [-0.15, -0.1) is 0 Å². The standard InChI is InChI=1S/C14H6Cl4N2O2/c15-4-1-2-6-5(3-4)13(21)8-9(16)7(14(19)22)10(17)11(18)12(8)20-6/h1-3H,(H2,19,22)(H,20,21). The van der Waals surface area contributed by atoms with E-state index < -0.39 is 11.3 Å². The van der Waals surface area contributed by atoms with Crippen molar-refractivity contribution < 1.29 is 4.79 Å². The number of pyridine rings is 1. The van der Waals surface area contributed by atoms with Gasteiger partial charge in [0.25, 0.3) is 5.91 Å². The second-order valence-corrected chi connectivity index (χ2v) is 6.15. The van der Waals surface area contributed by atoms with Crippen molar-refractivity contribution in [1.29, 1.82) is 0 Å². The summed E-state index contributed by atoms with van der Waals surface area (Å²) in [6.07, 6.45) is 0. The highest BCUT2D eigenvalue weighted by molar-refractivity contribution is 6.50. The van der Waals surface area contributed by atoms with Gasteiger partial charge in [0.05, 0.1) is 31.5 Å². The zero-order chi connectivity index (χ0) is 16.2. The Morgan fingerprint density at radius 3 is 2.36 bits per heavy atom. The molecule has 0 atom stereocenters. The van der Waals surface area contributed by atoms with Crippen molar-refractivity contribution >= 4 is 74.1 Å². The molecule has 0 saturated heterocycles. The van der Waals surface area contributed by atoms with Crippen molar-refractivity contribution in [2.75, 3.05) is 0 Å². The van der Waals surface area contributed by atoms with Crippen molar-refractivity contribution in [3.63, 3.8) is 0 Å². The Morgan fingerprint density at radius 1 is 1.05 bits per heavy atom. The first-order valence-corrected chi connectivity index (χ1v) is 7.45. The molecule has 22 heavy (non-hydrogen) atoms. The van der Waals surface area contributed by atoms with Crippen molar-refractivity contribution in [3.05, 3.63) is 54.1 Å². The molecule has 0 bridgehead atoms. The normalized spacial score (nSPS) is 11.3. The molecule has 3 rings (SSSR count). The molecule has 112 valence electrons. The number of primary amides is 1. The topological polar surface area (TPSA) is 76.0 Å². The molecule has 3 aromatic rings. The molecule has 0 fully saturated rings. The Morgan fingerprint density at radius 2 is 1.73 bits per heavy atom. The van der Waals surface area contributed by atoms with Crippen LogP contribution in [0, 0.1) is 0 Å². The summed E-state index contributed by atoms with van der Waals surface area (Å²) in [4.78, 5) is 27.2. The lowest BCUT2D eigenvalue weighted by Crippen LogP contribution is -2.15. The molecular weight excluding hydrogens is 370 g/mol. The van der Waals surface area contributed by atoms with Gasteiger partial charge in [-0.1, -0.05) is 46.4 Å². The Kier molecular flexibility index (Phi) is 3.73. The van der Waals surface area contributed by atoms with Crippen LogP contribution in [0.25, 0.3) is 21.8 Å². The number of benzene rings is 2. The SMILES string of the molecule is NC(=O)c1c(Cl)c(Cl)c2[nH]c3ccc(Cl)cc3c(=O)c2c1Cl. The van der Waals surface area contributed by atoms with Gasteiger partial charge in [0, 0.05) is 15.9 Å². The Labute approximate surface area is 143 Å². The first-order chi connectivity index (χ1) is 10.3. The fraction of sp³-hybridized carbons (Fsp3) is 0. The van der Waals surface area contributed by atoms with E-state index in [9.17, 15) is 9.59 Å². The zero-order valence-electron chi connectivity index (χ0n) is 10.6. The van der Waals surface area contributed by atoms with Crippen LogP contribution in [0.1, 0.15) is 10.4 Å². The Balaban J connectivity index is 2.66. The van der Waals surface area contributed by atoms with Gasteiger partial charge in [-0.3, -0.25) is 9.59 Å². The van der Waals surface area contributed by atoms with Crippen LogP contribution in [0.5, 0.6) is 0 Å². The third kappa shape index (κ3) is 2.15. The van der Waals surface area contributed by atoms with Gasteiger partial charge in [-0.05, 0) is 18.2 Å². The summed E-state index contributed by atoms with van der Waals surface area (Å²) in [5.74, 6) is -0.871. The number of hydrogen-bond donors (Lipinski definition) is 2. The lowest BCUT2D eigenvalue weighted by molar-refractivity contribution is 0.100. The van der Waals surface area contributed by atoms with Crippen LogP contribution in [0.4, 0.5) is 0 Å². The van der Waals surface area contributed by atoms with Crippen LogP contribution in [0.15, 0.2) is 23.0 Å². The monoisotopic (exact) mass is 374 g/mol. The number of carbonyl (C=O) groups excluding carboxylic acids is 1. The molecule has 0 saturated carbocycles. The minimum absolute atomic E-state index is 0.00353. The zero-order valence-corrected chi connectivity index (χ0v) is 13.7. The fourth-order valence-electron chi connectivity index (χ4n) is 2.29. The molecule has 8 heteroatoms. The second kappa shape index (κ2) is 5.32. The highest BCUT2D eigenvalue weighted by Gasteiger charge is 2.23. The number of aromatic nitrogens is 1. The fourth-order valence-corrected chi connectivity index (χ4v) is 3.40. The average Bonchev–Trinajstić information content (AvgIpc) is 2.45. The number of H-pyrrole nitrogens is 1. The second-order valence-electron chi connectivity index (χ2n) is 4.58. The Hall–Kier alpha value is -1.46. The third-order valence-corrected chi connectivity index (χ3v) is 4.75. The number of amides is 1. The quantitative estimate of drug-likeness (QED) is 0.488. The van der Waals surface area contributed by atoms with Crippen LogP contribution >= 0.6 is 46.4 Å². The maximum absolute atomic E-state index is 12.7. The van der Waals surface area contributed by atoms with Crippen LogP contribution in [0.2, 0.25) is 20.1 Å². The number of aromatic amines is 1. The van der Waals surface area contributed by atoms with Crippen LogP contribution < -0.4 is 11.2 Å². The smallest absolute Gasteiger partial charge is 0.251 e. The number of hydrogen-bond acceptors (Lipinski definition) is 2. The first-order valence-electron chi connectivity index (χ1n) is 5.94. The first kappa shape index (κ1) is 15.4. The van der Waals surface area contributed by atoms with E-state index in [4.69, 9.17) is 52.1 Å². The number of rotatable bonds is 1. The maximum Gasteiger partial charge on any atom is 0.251 e.